The Bertz CT molecular complexity index is 839. The molecule has 2 aliphatic heterocycles. The van der Waals surface area contributed by atoms with E-state index in [0.717, 1.165) is 50.5 Å². The molecule has 1 N–H and O–H groups in total. The highest BCUT2D eigenvalue weighted by molar-refractivity contribution is 14.1. The number of rotatable bonds is 9. The molecule has 222 valence electrons. The largest absolute Gasteiger partial charge is 0.451 e. The molecule has 1 saturated heterocycles. The normalized spacial score (nSPS) is 34.1. The van der Waals surface area contributed by atoms with Crippen LogP contribution in [0.25, 0.3) is 0 Å². The van der Waals surface area contributed by atoms with Crippen LogP contribution in [0.2, 0.25) is 0 Å². The number of halogens is 1. The van der Waals surface area contributed by atoms with Crippen molar-refractivity contribution in [3.8, 4) is 0 Å². The van der Waals surface area contributed by atoms with E-state index < -0.39 is 4.11 Å². The van der Waals surface area contributed by atoms with Crippen LogP contribution in [0.4, 0.5) is 0 Å². The lowest BCUT2D eigenvalue weighted by Gasteiger charge is -2.29. The molecule has 0 aromatic rings. The fraction of sp³-hybridized carbons (Fsp3) is 0.742. The van der Waals surface area contributed by atoms with Gasteiger partial charge in [0.05, 0.1) is 25.9 Å². The predicted octanol–water partition coefficient (Wildman–Crippen LogP) is 6.33. The number of carbonyl (C=O) groups is 2. The van der Waals surface area contributed by atoms with E-state index in [-0.39, 0.29) is 42.6 Å². The van der Waals surface area contributed by atoms with E-state index >= 15 is 0 Å². The summed E-state index contributed by atoms with van der Waals surface area (Å²) in [5, 5.41) is 9.12. The fourth-order valence-corrected chi connectivity index (χ4v) is 5.76. The molecule has 0 amide bonds. The standard InChI is InChI=1S/C31H49IO7/c1-21-10-12-29(35)39-31(32)27(20-37-30-8-6-7-25(5)38-30)16-22(2)9-11-28(34)24(4)17-26(15-21)13-14-36-19-23(3)18-33/h9,11,16,21,24-27,30-31,33H,3,6-8,10,12-15,17-20H2,1-2,4-5H3/b11-9+,22-16+/t21-,24+,25?,26+,27?,30?,31-/m0/s1. The van der Waals surface area contributed by atoms with Gasteiger partial charge in [-0.15, -0.1) is 0 Å². The third kappa shape index (κ3) is 13.9. The number of aliphatic hydroxyl groups excluding tert-OH is 1. The lowest BCUT2D eigenvalue weighted by molar-refractivity contribution is -0.194. The van der Waals surface area contributed by atoms with E-state index in [4.69, 9.17) is 24.1 Å². The van der Waals surface area contributed by atoms with Gasteiger partial charge in [0.15, 0.2) is 16.2 Å². The van der Waals surface area contributed by atoms with Gasteiger partial charge in [0, 0.05) is 24.9 Å². The average Bonchev–Trinajstić information content (AvgIpc) is 2.89. The zero-order valence-electron chi connectivity index (χ0n) is 24.2. The molecule has 2 heterocycles. The molecule has 0 aromatic carbocycles. The van der Waals surface area contributed by atoms with Crippen LogP contribution in [-0.2, 0) is 28.5 Å². The van der Waals surface area contributed by atoms with Gasteiger partial charge in [-0.25, -0.2) is 0 Å². The molecule has 0 radical (unpaired) electrons. The Kier molecular flexibility index (Phi) is 16.1. The van der Waals surface area contributed by atoms with Crippen LogP contribution in [0, 0.1) is 23.7 Å². The molecule has 39 heavy (non-hydrogen) atoms. The van der Waals surface area contributed by atoms with Crippen molar-refractivity contribution in [2.24, 2.45) is 23.7 Å². The minimum absolute atomic E-state index is 0.0810. The summed E-state index contributed by atoms with van der Waals surface area (Å²) < 4.78 is 23.1. The second-order valence-electron chi connectivity index (χ2n) is 11.4. The smallest absolute Gasteiger partial charge is 0.306 e. The van der Waals surface area contributed by atoms with Crippen molar-refractivity contribution in [1.82, 2.24) is 0 Å². The molecule has 7 atom stereocenters. The highest BCUT2D eigenvalue weighted by Crippen LogP contribution is 2.28. The van der Waals surface area contributed by atoms with Crippen molar-refractivity contribution >= 4 is 34.3 Å². The molecular weight excluding hydrogens is 611 g/mol. The number of cyclic esters (lactones) is 1. The van der Waals surface area contributed by atoms with Crippen molar-refractivity contribution in [2.45, 2.75) is 95.6 Å². The molecule has 1 fully saturated rings. The number of hydrogen-bond donors (Lipinski definition) is 1. The summed E-state index contributed by atoms with van der Waals surface area (Å²) in [6.45, 7) is 13.1. The molecule has 3 unspecified atom stereocenters. The Morgan fingerprint density at radius 3 is 2.64 bits per heavy atom. The number of aliphatic hydroxyl groups is 1. The second kappa shape index (κ2) is 18.4. The third-order valence-corrected chi connectivity index (χ3v) is 8.61. The van der Waals surface area contributed by atoms with Gasteiger partial charge in [0.1, 0.15) is 0 Å². The highest BCUT2D eigenvalue weighted by Gasteiger charge is 2.26. The van der Waals surface area contributed by atoms with Crippen LogP contribution < -0.4 is 0 Å². The maximum Gasteiger partial charge on any atom is 0.306 e. The second-order valence-corrected chi connectivity index (χ2v) is 12.7. The molecular formula is C31H49IO7. The van der Waals surface area contributed by atoms with Crippen molar-refractivity contribution in [3.05, 3.63) is 36.0 Å². The summed E-state index contributed by atoms with van der Waals surface area (Å²) in [5.41, 5.74) is 1.57. The first-order valence-electron chi connectivity index (χ1n) is 14.4. The van der Waals surface area contributed by atoms with Gasteiger partial charge in [-0.05, 0) is 105 Å². The third-order valence-electron chi connectivity index (χ3n) is 7.43. The van der Waals surface area contributed by atoms with Gasteiger partial charge in [-0.1, -0.05) is 38.2 Å². The summed E-state index contributed by atoms with van der Waals surface area (Å²) in [6, 6.07) is 0. The maximum atomic E-state index is 13.0. The van der Waals surface area contributed by atoms with E-state index in [1.54, 1.807) is 6.08 Å². The minimum Gasteiger partial charge on any atom is -0.451 e. The van der Waals surface area contributed by atoms with Crippen molar-refractivity contribution in [1.29, 1.82) is 0 Å². The summed E-state index contributed by atoms with van der Waals surface area (Å²) in [5.74, 6) is 0.229. The van der Waals surface area contributed by atoms with Crippen LogP contribution in [0.5, 0.6) is 0 Å². The Labute approximate surface area is 248 Å². The molecule has 0 bridgehead atoms. The molecule has 8 heteroatoms. The molecule has 0 saturated carbocycles. The van der Waals surface area contributed by atoms with Gasteiger partial charge in [-0.2, -0.15) is 0 Å². The summed E-state index contributed by atoms with van der Waals surface area (Å²) in [6.07, 6.45) is 12.0. The summed E-state index contributed by atoms with van der Waals surface area (Å²) in [4.78, 5) is 25.8. The first kappa shape index (κ1) is 34.1. The van der Waals surface area contributed by atoms with E-state index in [1.807, 2.05) is 26.0 Å². The quantitative estimate of drug-likeness (QED) is 0.102. The summed E-state index contributed by atoms with van der Waals surface area (Å²) in [7, 11) is 0. The molecule has 2 rings (SSSR count). The van der Waals surface area contributed by atoms with Crippen molar-refractivity contribution in [2.75, 3.05) is 26.4 Å². The number of alkyl halides is 1. The molecule has 7 nitrogen and oxygen atoms in total. The van der Waals surface area contributed by atoms with Gasteiger partial charge >= 0.3 is 5.97 Å². The zero-order valence-corrected chi connectivity index (χ0v) is 26.4. The Morgan fingerprint density at radius 2 is 1.92 bits per heavy atom. The van der Waals surface area contributed by atoms with E-state index in [2.05, 4.69) is 43.0 Å². The molecule has 0 spiro atoms. The van der Waals surface area contributed by atoms with Crippen molar-refractivity contribution < 1.29 is 33.6 Å². The Balaban J connectivity index is 2.11. The lowest BCUT2D eigenvalue weighted by Crippen LogP contribution is -2.31. The molecule has 2 aliphatic rings. The van der Waals surface area contributed by atoms with Gasteiger partial charge in [0.25, 0.3) is 0 Å². The van der Waals surface area contributed by atoms with Crippen LogP contribution in [0.15, 0.2) is 36.0 Å². The minimum atomic E-state index is -0.393. The fourth-order valence-electron chi connectivity index (χ4n) is 5.06. The monoisotopic (exact) mass is 660 g/mol. The zero-order chi connectivity index (χ0) is 28.8. The number of carbonyl (C=O) groups excluding carboxylic acids is 2. The van der Waals surface area contributed by atoms with Gasteiger partial charge in [-0.3, -0.25) is 9.59 Å². The first-order valence-corrected chi connectivity index (χ1v) is 15.7. The van der Waals surface area contributed by atoms with E-state index in [0.29, 0.717) is 43.7 Å². The number of hydrogen-bond acceptors (Lipinski definition) is 7. The van der Waals surface area contributed by atoms with E-state index in [9.17, 15) is 9.59 Å². The lowest BCUT2D eigenvalue weighted by atomic mass is 9.83. The first-order chi connectivity index (χ1) is 18.6. The average molecular weight is 661 g/mol. The van der Waals surface area contributed by atoms with Crippen LogP contribution >= 0.6 is 22.6 Å². The topological polar surface area (TPSA) is 91.3 Å². The number of ketones is 1. The van der Waals surface area contributed by atoms with E-state index in [1.165, 1.54) is 0 Å². The van der Waals surface area contributed by atoms with Crippen LogP contribution in [0.3, 0.4) is 0 Å². The Hall–Kier alpha value is -1.07. The van der Waals surface area contributed by atoms with Crippen molar-refractivity contribution in [3.63, 3.8) is 0 Å². The van der Waals surface area contributed by atoms with Crippen LogP contribution in [0.1, 0.15) is 79.1 Å². The maximum absolute atomic E-state index is 13.0. The number of esters is 1. The number of ether oxygens (including phenoxy) is 4. The SMILES string of the molecule is C=C(CO)COCC[C@@H]1C[C@@H](C)CCC(=O)O[C@H](I)C(COC2CCCC(C)O2)/C=C(C)/C=C/C(=O)[C@H](C)C1. The number of allylic oxidation sites excluding steroid dienone is 3. The van der Waals surface area contributed by atoms with Crippen LogP contribution in [-0.4, -0.2) is 59.8 Å². The molecule has 0 aromatic heterocycles. The van der Waals surface area contributed by atoms with Gasteiger partial charge < -0.3 is 24.1 Å². The van der Waals surface area contributed by atoms with Gasteiger partial charge in [0.2, 0.25) is 0 Å². The summed E-state index contributed by atoms with van der Waals surface area (Å²) >= 11 is 2.17. The molecule has 0 aliphatic carbocycles. The Morgan fingerprint density at radius 1 is 1.15 bits per heavy atom. The predicted molar refractivity (Wildman–Crippen MR) is 161 cm³/mol. The highest BCUT2D eigenvalue weighted by atomic mass is 127.